The number of hydrogen-bond donors (Lipinski definition) is 1. The molecule has 0 radical (unpaired) electrons. The van der Waals surface area contributed by atoms with Gasteiger partial charge in [0.1, 0.15) is 5.75 Å². The van der Waals surface area contributed by atoms with Gasteiger partial charge >= 0.3 is 5.97 Å². The number of carboxylic acid groups (broad SMARTS) is 1. The molecule has 0 aliphatic rings. The minimum atomic E-state index is -0.803. The Morgan fingerprint density at radius 1 is 1.44 bits per heavy atom. The number of carboxylic acids is 1. The van der Waals surface area contributed by atoms with Crippen LogP contribution >= 0.6 is 0 Å². The van der Waals surface area contributed by atoms with E-state index in [-0.39, 0.29) is 6.42 Å². The molecule has 0 fully saturated rings. The Morgan fingerprint density at radius 3 is 2.50 bits per heavy atom. The van der Waals surface area contributed by atoms with Gasteiger partial charge < -0.3 is 9.84 Å². The van der Waals surface area contributed by atoms with Crippen LogP contribution in [0.4, 0.5) is 0 Å². The van der Waals surface area contributed by atoms with Crippen LogP contribution in [0.5, 0.6) is 5.75 Å². The second-order valence-electron chi connectivity index (χ2n) is 4.25. The largest absolute Gasteiger partial charge is 0.496 e. The Labute approximate surface area is 96.1 Å². The Morgan fingerprint density at radius 2 is 2.06 bits per heavy atom. The normalized spacial score (nSPS) is 10.6. The minimum absolute atomic E-state index is 0.0650. The molecule has 0 saturated carbocycles. The van der Waals surface area contributed by atoms with Crippen LogP contribution in [0.2, 0.25) is 0 Å². The number of hydrogen-bond acceptors (Lipinski definition) is 2. The molecule has 3 heteroatoms. The van der Waals surface area contributed by atoms with E-state index < -0.39 is 5.97 Å². The van der Waals surface area contributed by atoms with Crippen LogP contribution in [0, 0.1) is 6.92 Å². The average molecular weight is 222 g/mol. The lowest BCUT2D eigenvalue weighted by Gasteiger charge is -2.15. The summed E-state index contributed by atoms with van der Waals surface area (Å²) in [5.74, 6) is 0.354. The van der Waals surface area contributed by atoms with Gasteiger partial charge in [-0.1, -0.05) is 19.9 Å². The van der Waals surface area contributed by atoms with Gasteiger partial charge in [-0.05, 0) is 35.6 Å². The zero-order chi connectivity index (χ0) is 12.3. The van der Waals surface area contributed by atoms with Crippen LogP contribution < -0.4 is 4.74 Å². The average Bonchev–Trinajstić information content (AvgIpc) is 2.19. The van der Waals surface area contributed by atoms with Crippen LogP contribution in [0.3, 0.4) is 0 Å². The lowest BCUT2D eigenvalue weighted by atomic mass is 9.95. The van der Waals surface area contributed by atoms with Crippen molar-refractivity contribution in [3.63, 3.8) is 0 Å². The third kappa shape index (κ3) is 2.75. The maximum atomic E-state index is 10.7. The maximum absolute atomic E-state index is 10.7. The van der Waals surface area contributed by atoms with Crippen LogP contribution in [-0.2, 0) is 11.2 Å². The minimum Gasteiger partial charge on any atom is -0.496 e. The summed E-state index contributed by atoms with van der Waals surface area (Å²) in [6.45, 7) is 6.04. The van der Waals surface area contributed by atoms with Crippen molar-refractivity contribution in [2.45, 2.75) is 33.1 Å². The fraction of sp³-hybridized carbons (Fsp3) is 0.462. The van der Waals surface area contributed by atoms with E-state index in [1.165, 1.54) is 0 Å². The number of benzene rings is 1. The van der Waals surface area contributed by atoms with Gasteiger partial charge in [-0.25, -0.2) is 0 Å². The molecule has 16 heavy (non-hydrogen) atoms. The highest BCUT2D eigenvalue weighted by Gasteiger charge is 2.12. The van der Waals surface area contributed by atoms with E-state index in [4.69, 9.17) is 9.84 Å². The number of aryl methyl sites for hydroxylation is 1. The third-order valence-electron chi connectivity index (χ3n) is 2.65. The number of rotatable bonds is 4. The zero-order valence-electron chi connectivity index (χ0n) is 10.2. The molecule has 0 unspecified atom stereocenters. The van der Waals surface area contributed by atoms with Gasteiger partial charge in [0.05, 0.1) is 13.5 Å². The van der Waals surface area contributed by atoms with Crippen molar-refractivity contribution in [3.05, 3.63) is 28.8 Å². The van der Waals surface area contributed by atoms with Crippen LogP contribution in [0.25, 0.3) is 0 Å². The predicted octanol–water partition coefficient (Wildman–Crippen LogP) is 2.75. The molecule has 88 valence electrons. The van der Waals surface area contributed by atoms with Crippen molar-refractivity contribution in [3.8, 4) is 5.75 Å². The predicted molar refractivity (Wildman–Crippen MR) is 63.2 cm³/mol. The van der Waals surface area contributed by atoms with Crippen LogP contribution in [-0.4, -0.2) is 18.2 Å². The van der Waals surface area contributed by atoms with Gasteiger partial charge in [-0.2, -0.15) is 0 Å². The third-order valence-corrected chi connectivity index (χ3v) is 2.65. The van der Waals surface area contributed by atoms with E-state index in [0.29, 0.717) is 5.92 Å². The summed E-state index contributed by atoms with van der Waals surface area (Å²) in [4.78, 5) is 10.7. The van der Waals surface area contributed by atoms with Gasteiger partial charge in [0.15, 0.2) is 0 Å². The fourth-order valence-electron chi connectivity index (χ4n) is 1.73. The molecule has 0 spiro atoms. The Bertz CT molecular complexity index is 394. The summed E-state index contributed by atoms with van der Waals surface area (Å²) in [5.41, 5.74) is 2.88. The monoisotopic (exact) mass is 222 g/mol. The van der Waals surface area contributed by atoms with Crippen molar-refractivity contribution in [1.29, 1.82) is 0 Å². The van der Waals surface area contributed by atoms with Crippen molar-refractivity contribution in [2.75, 3.05) is 7.11 Å². The number of ether oxygens (including phenoxy) is 1. The molecule has 0 heterocycles. The molecular weight excluding hydrogens is 204 g/mol. The molecule has 0 aromatic heterocycles. The first kappa shape index (κ1) is 12.6. The fourth-order valence-corrected chi connectivity index (χ4v) is 1.73. The molecule has 0 saturated heterocycles. The van der Waals surface area contributed by atoms with E-state index in [0.717, 1.165) is 22.4 Å². The Hall–Kier alpha value is -1.51. The lowest BCUT2D eigenvalue weighted by Crippen LogP contribution is -2.04. The van der Waals surface area contributed by atoms with Crippen LogP contribution in [0.15, 0.2) is 12.1 Å². The summed E-state index contributed by atoms with van der Waals surface area (Å²) in [6, 6.07) is 3.85. The topological polar surface area (TPSA) is 46.5 Å². The first-order valence-corrected chi connectivity index (χ1v) is 5.35. The molecule has 0 bridgehead atoms. The SMILES string of the molecule is COc1cc(C)c(CC(=O)O)cc1C(C)C. The first-order chi connectivity index (χ1) is 7.45. The lowest BCUT2D eigenvalue weighted by molar-refractivity contribution is -0.136. The van der Waals surface area contributed by atoms with Gasteiger partial charge in [-0.3, -0.25) is 4.79 Å². The number of carbonyl (C=O) groups is 1. The van der Waals surface area contributed by atoms with Gasteiger partial charge in [0.25, 0.3) is 0 Å². The van der Waals surface area contributed by atoms with Crippen molar-refractivity contribution in [2.24, 2.45) is 0 Å². The molecule has 0 amide bonds. The van der Waals surface area contributed by atoms with Crippen molar-refractivity contribution in [1.82, 2.24) is 0 Å². The molecule has 1 N–H and O–H groups in total. The molecule has 1 aromatic carbocycles. The highest BCUT2D eigenvalue weighted by molar-refractivity contribution is 5.71. The summed E-state index contributed by atoms with van der Waals surface area (Å²) >= 11 is 0. The molecular formula is C13H18O3. The second kappa shape index (κ2) is 5.01. The van der Waals surface area contributed by atoms with Crippen molar-refractivity contribution >= 4 is 5.97 Å². The Balaban J connectivity index is 3.21. The second-order valence-corrected chi connectivity index (χ2v) is 4.25. The molecule has 0 aliphatic carbocycles. The number of methoxy groups -OCH3 is 1. The van der Waals surface area contributed by atoms with E-state index in [9.17, 15) is 4.79 Å². The standard InChI is InChI=1S/C13H18O3/c1-8(2)11-6-10(7-13(14)15)9(3)5-12(11)16-4/h5-6,8H,7H2,1-4H3,(H,14,15). The molecule has 0 aliphatic heterocycles. The summed E-state index contributed by atoms with van der Waals surface area (Å²) < 4.78 is 5.30. The Kier molecular flexibility index (Phi) is 3.93. The van der Waals surface area contributed by atoms with Gasteiger partial charge in [0.2, 0.25) is 0 Å². The van der Waals surface area contributed by atoms with E-state index in [1.54, 1.807) is 7.11 Å². The smallest absolute Gasteiger partial charge is 0.307 e. The van der Waals surface area contributed by atoms with Crippen molar-refractivity contribution < 1.29 is 14.6 Å². The molecule has 1 aromatic rings. The van der Waals surface area contributed by atoms with E-state index in [1.807, 2.05) is 19.1 Å². The highest BCUT2D eigenvalue weighted by Crippen LogP contribution is 2.29. The van der Waals surface area contributed by atoms with Gasteiger partial charge in [-0.15, -0.1) is 0 Å². The van der Waals surface area contributed by atoms with E-state index >= 15 is 0 Å². The summed E-state index contributed by atoms with van der Waals surface area (Å²) in [5, 5.41) is 8.82. The maximum Gasteiger partial charge on any atom is 0.307 e. The van der Waals surface area contributed by atoms with Crippen LogP contribution in [0.1, 0.15) is 36.5 Å². The molecule has 1 rings (SSSR count). The van der Waals surface area contributed by atoms with Gasteiger partial charge in [0, 0.05) is 0 Å². The number of aliphatic carboxylic acids is 1. The highest BCUT2D eigenvalue weighted by atomic mass is 16.5. The van der Waals surface area contributed by atoms with E-state index in [2.05, 4.69) is 13.8 Å². The quantitative estimate of drug-likeness (QED) is 0.852. The molecule has 0 atom stereocenters. The summed E-state index contributed by atoms with van der Waals surface area (Å²) in [6.07, 6.45) is 0.0650. The molecule has 3 nitrogen and oxygen atoms in total. The summed E-state index contributed by atoms with van der Waals surface area (Å²) in [7, 11) is 1.64. The zero-order valence-corrected chi connectivity index (χ0v) is 10.2. The first-order valence-electron chi connectivity index (χ1n) is 5.35.